The lowest BCUT2D eigenvalue weighted by Gasteiger charge is -2.28. The van der Waals surface area contributed by atoms with Crippen molar-refractivity contribution in [2.75, 3.05) is 0 Å². The fourth-order valence-corrected chi connectivity index (χ4v) is 4.03. The number of carbonyl (C=O) groups excluding carboxylic acids is 1. The van der Waals surface area contributed by atoms with Crippen LogP contribution in [0.2, 0.25) is 5.02 Å². The van der Waals surface area contributed by atoms with Crippen molar-refractivity contribution in [2.45, 2.75) is 45.1 Å². The van der Waals surface area contributed by atoms with Gasteiger partial charge in [-0.3, -0.25) is 4.79 Å². The second kappa shape index (κ2) is 8.57. The molecule has 27 heavy (non-hydrogen) atoms. The zero-order chi connectivity index (χ0) is 19.4. The molecule has 1 saturated carbocycles. The molecule has 0 heterocycles. The van der Waals surface area contributed by atoms with Crippen LogP contribution in [0.5, 0.6) is 0 Å². The van der Waals surface area contributed by atoms with Crippen LogP contribution in [0, 0.1) is 5.92 Å². The van der Waals surface area contributed by atoms with Crippen molar-refractivity contribution >= 4 is 23.5 Å². The highest BCUT2D eigenvalue weighted by molar-refractivity contribution is 6.34. The van der Waals surface area contributed by atoms with E-state index in [1.165, 1.54) is 19.3 Å². The van der Waals surface area contributed by atoms with Crippen LogP contribution >= 0.6 is 11.6 Å². The summed E-state index contributed by atoms with van der Waals surface area (Å²) in [6, 6.07) is 11.9. The van der Waals surface area contributed by atoms with Gasteiger partial charge in [-0.25, -0.2) is 4.79 Å². The number of halogens is 1. The zero-order valence-corrected chi connectivity index (χ0v) is 16.1. The van der Waals surface area contributed by atoms with Gasteiger partial charge in [-0.2, -0.15) is 0 Å². The Bertz CT molecular complexity index is 843. The molecular formula is C22H24ClNO3. The molecule has 2 N–H and O–H groups in total. The first-order valence-electron chi connectivity index (χ1n) is 9.40. The summed E-state index contributed by atoms with van der Waals surface area (Å²) >= 11 is 6.27. The van der Waals surface area contributed by atoms with Gasteiger partial charge < -0.3 is 10.4 Å². The van der Waals surface area contributed by atoms with Gasteiger partial charge in [0.2, 0.25) is 0 Å². The van der Waals surface area contributed by atoms with Crippen molar-refractivity contribution in [3.8, 4) is 11.1 Å². The number of carbonyl (C=O) groups is 2. The topological polar surface area (TPSA) is 66.4 Å². The van der Waals surface area contributed by atoms with E-state index in [4.69, 9.17) is 11.6 Å². The van der Waals surface area contributed by atoms with Crippen molar-refractivity contribution in [1.29, 1.82) is 0 Å². The maximum absolute atomic E-state index is 12.8. The highest BCUT2D eigenvalue weighted by atomic mass is 35.5. The summed E-state index contributed by atoms with van der Waals surface area (Å²) in [5, 5.41) is 12.9. The Hall–Kier alpha value is -2.33. The molecule has 1 aliphatic carbocycles. The third-order valence-corrected chi connectivity index (χ3v) is 5.72. The molecule has 1 unspecified atom stereocenters. The second-order valence-corrected chi connectivity index (χ2v) is 7.61. The standard InChI is InChI=1S/C22H24ClNO3/c1-14(15-7-3-2-4-8-15)24-21(25)19-13-16(11-12-20(19)23)17-9-5-6-10-18(17)22(26)27/h5-6,9-15H,2-4,7-8H2,1H3,(H,24,25)(H,26,27). The zero-order valence-electron chi connectivity index (χ0n) is 15.4. The fraction of sp³-hybridized carbons (Fsp3) is 0.364. The van der Waals surface area contributed by atoms with E-state index in [9.17, 15) is 14.7 Å². The van der Waals surface area contributed by atoms with E-state index in [0.29, 0.717) is 27.6 Å². The Morgan fingerprint density at radius 3 is 2.48 bits per heavy atom. The summed E-state index contributed by atoms with van der Waals surface area (Å²) in [4.78, 5) is 24.3. The molecule has 0 saturated heterocycles. The van der Waals surface area contributed by atoms with Gasteiger partial charge in [0.25, 0.3) is 5.91 Å². The highest BCUT2D eigenvalue weighted by Crippen LogP contribution is 2.29. The Kier molecular flexibility index (Phi) is 6.17. The van der Waals surface area contributed by atoms with E-state index in [1.54, 1.807) is 42.5 Å². The molecule has 1 fully saturated rings. The average Bonchev–Trinajstić information content (AvgIpc) is 2.69. The predicted molar refractivity (Wildman–Crippen MR) is 107 cm³/mol. The Morgan fingerprint density at radius 1 is 1.07 bits per heavy atom. The van der Waals surface area contributed by atoms with Crippen LogP contribution < -0.4 is 5.32 Å². The minimum absolute atomic E-state index is 0.0869. The number of aromatic carboxylic acids is 1. The van der Waals surface area contributed by atoms with Gasteiger partial charge in [0.15, 0.2) is 0 Å². The summed E-state index contributed by atoms with van der Waals surface area (Å²) in [6.45, 7) is 2.05. The van der Waals surface area contributed by atoms with Gasteiger partial charge in [0, 0.05) is 6.04 Å². The minimum atomic E-state index is -1.00. The van der Waals surface area contributed by atoms with Crippen LogP contribution in [-0.4, -0.2) is 23.0 Å². The number of rotatable bonds is 5. The average molecular weight is 386 g/mol. The van der Waals surface area contributed by atoms with Gasteiger partial charge in [0.05, 0.1) is 16.1 Å². The normalized spacial score (nSPS) is 15.9. The molecule has 4 nitrogen and oxygen atoms in total. The van der Waals surface area contributed by atoms with Gasteiger partial charge in [-0.15, -0.1) is 0 Å². The van der Waals surface area contributed by atoms with Crippen LogP contribution in [0.4, 0.5) is 0 Å². The molecule has 1 aliphatic rings. The van der Waals surface area contributed by atoms with E-state index in [0.717, 1.165) is 12.8 Å². The lowest BCUT2D eigenvalue weighted by atomic mass is 9.84. The number of hydrogen-bond donors (Lipinski definition) is 2. The third kappa shape index (κ3) is 4.51. The molecule has 142 valence electrons. The third-order valence-electron chi connectivity index (χ3n) is 5.40. The SMILES string of the molecule is CC(NC(=O)c1cc(-c2ccccc2C(=O)O)ccc1Cl)C1CCCCC1. The van der Waals surface area contributed by atoms with Crippen LogP contribution in [0.1, 0.15) is 59.7 Å². The van der Waals surface area contributed by atoms with Crippen molar-refractivity contribution in [3.05, 3.63) is 58.6 Å². The quantitative estimate of drug-likeness (QED) is 0.723. The van der Waals surface area contributed by atoms with E-state index in [1.807, 2.05) is 6.92 Å². The van der Waals surface area contributed by atoms with Crippen LogP contribution in [-0.2, 0) is 0 Å². The predicted octanol–water partition coefficient (Wildman–Crippen LogP) is 5.40. The molecule has 1 atom stereocenters. The smallest absolute Gasteiger partial charge is 0.336 e. The summed E-state index contributed by atoms with van der Waals surface area (Å²) in [7, 11) is 0. The van der Waals surface area contributed by atoms with Crippen molar-refractivity contribution in [2.24, 2.45) is 5.92 Å². The van der Waals surface area contributed by atoms with Crippen molar-refractivity contribution in [3.63, 3.8) is 0 Å². The first kappa shape index (κ1) is 19.4. The first-order valence-corrected chi connectivity index (χ1v) is 9.78. The molecular weight excluding hydrogens is 362 g/mol. The summed E-state index contributed by atoms with van der Waals surface area (Å²) in [6.07, 6.45) is 5.98. The molecule has 0 radical (unpaired) electrons. The van der Waals surface area contributed by atoms with Crippen molar-refractivity contribution in [1.82, 2.24) is 5.32 Å². The molecule has 0 aliphatic heterocycles. The van der Waals surface area contributed by atoms with Crippen LogP contribution in [0.15, 0.2) is 42.5 Å². The fourth-order valence-electron chi connectivity index (χ4n) is 3.82. The number of hydrogen-bond acceptors (Lipinski definition) is 2. The maximum atomic E-state index is 12.8. The van der Waals surface area contributed by atoms with Crippen molar-refractivity contribution < 1.29 is 14.7 Å². The Labute approximate surface area is 164 Å². The Balaban J connectivity index is 1.85. The van der Waals surface area contributed by atoms with E-state index in [2.05, 4.69) is 5.32 Å². The van der Waals surface area contributed by atoms with E-state index < -0.39 is 5.97 Å². The largest absolute Gasteiger partial charge is 0.478 e. The van der Waals surface area contributed by atoms with Gasteiger partial charge in [0.1, 0.15) is 0 Å². The molecule has 5 heteroatoms. The monoisotopic (exact) mass is 385 g/mol. The number of nitrogens with one attached hydrogen (secondary N) is 1. The maximum Gasteiger partial charge on any atom is 0.336 e. The van der Waals surface area contributed by atoms with Crippen LogP contribution in [0.3, 0.4) is 0 Å². The minimum Gasteiger partial charge on any atom is -0.478 e. The summed E-state index contributed by atoms with van der Waals surface area (Å²) in [5.41, 5.74) is 1.79. The van der Waals surface area contributed by atoms with Gasteiger partial charge in [-0.05, 0) is 55.0 Å². The number of carboxylic acid groups (broad SMARTS) is 1. The molecule has 3 rings (SSSR count). The number of carboxylic acids is 1. The Morgan fingerprint density at radius 2 is 1.78 bits per heavy atom. The van der Waals surface area contributed by atoms with Gasteiger partial charge >= 0.3 is 5.97 Å². The van der Waals surface area contributed by atoms with E-state index in [-0.39, 0.29) is 17.5 Å². The molecule has 2 aromatic rings. The van der Waals surface area contributed by atoms with Gasteiger partial charge in [-0.1, -0.05) is 55.1 Å². The second-order valence-electron chi connectivity index (χ2n) is 7.21. The molecule has 0 aromatic heterocycles. The highest BCUT2D eigenvalue weighted by Gasteiger charge is 2.23. The number of amides is 1. The molecule has 2 aromatic carbocycles. The van der Waals surface area contributed by atoms with E-state index >= 15 is 0 Å². The number of benzene rings is 2. The lowest BCUT2D eigenvalue weighted by molar-refractivity contribution is 0.0697. The molecule has 1 amide bonds. The molecule has 0 bridgehead atoms. The summed E-state index contributed by atoms with van der Waals surface area (Å²) < 4.78 is 0. The lowest BCUT2D eigenvalue weighted by Crippen LogP contribution is -2.39. The first-order chi connectivity index (χ1) is 13.0. The van der Waals surface area contributed by atoms with Crippen LogP contribution in [0.25, 0.3) is 11.1 Å². The molecule has 0 spiro atoms. The summed E-state index contributed by atoms with van der Waals surface area (Å²) in [5.74, 6) is -0.720.